The van der Waals surface area contributed by atoms with Crippen LogP contribution < -0.4 is 14.9 Å². The molecule has 1 amide bonds. The number of carbonyl (C=O) groups excluding carboxylic acids is 1. The van der Waals surface area contributed by atoms with Gasteiger partial charge in [0.05, 0.1) is 18.9 Å². The summed E-state index contributed by atoms with van der Waals surface area (Å²) in [4.78, 5) is 12.8. The Hall–Kier alpha value is -4.19. The van der Waals surface area contributed by atoms with Gasteiger partial charge in [-0.15, -0.1) is 0 Å². The summed E-state index contributed by atoms with van der Waals surface area (Å²) >= 11 is 0. The largest absolute Gasteiger partial charge is 0.493 e. The Bertz CT molecular complexity index is 1330. The SMILES string of the molecule is COc1cc(/C=N\NC(=O)c2c(C)ccc3ccccc23)ccc1OCc1ccccc1F. The maximum absolute atomic E-state index is 13.8. The predicted molar refractivity (Wildman–Crippen MR) is 127 cm³/mol. The van der Waals surface area contributed by atoms with E-state index in [0.717, 1.165) is 16.3 Å². The zero-order valence-corrected chi connectivity index (χ0v) is 18.3. The standard InChI is InChI=1S/C27H23FN2O3/c1-18-11-13-20-7-3-5-9-22(20)26(18)27(31)30-29-16-19-12-14-24(25(15-19)32-2)33-17-21-8-4-6-10-23(21)28/h3-16H,17H2,1-2H3,(H,30,31)/b29-16-. The first kappa shape index (κ1) is 22.0. The Labute approximate surface area is 191 Å². The highest BCUT2D eigenvalue weighted by Crippen LogP contribution is 2.28. The molecule has 0 aliphatic heterocycles. The van der Waals surface area contributed by atoms with Crippen molar-refractivity contribution in [3.8, 4) is 11.5 Å². The fraction of sp³-hybridized carbons (Fsp3) is 0.111. The van der Waals surface area contributed by atoms with Crippen LogP contribution in [0.15, 0.2) is 84.0 Å². The smallest absolute Gasteiger partial charge is 0.272 e. The van der Waals surface area contributed by atoms with E-state index in [1.165, 1.54) is 19.4 Å². The van der Waals surface area contributed by atoms with Gasteiger partial charge in [-0.05, 0) is 53.1 Å². The predicted octanol–water partition coefficient (Wildman–Crippen LogP) is 5.64. The van der Waals surface area contributed by atoms with E-state index in [1.807, 2.05) is 43.3 Å². The number of rotatable bonds is 7. The molecule has 1 N–H and O–H groups in total. The third kappa shape index (κ3) is 5.01. The lowest BCUT2D eigenvalue weighted by atomic mass is 9.99. The number of carbonyl (C=O) groups is 1. The summed E-state index contributed by atoms with van der Waals surface area (Å²) in [6, 6.07) is 23.3. The molecule has 0 unspecified atom stereocenters. The summed E-state index contributed by atoms with van der Waals surface area (Å²) in [6.45, 7) is 1.98. The highest BCUT2D eigenvalue weighted by molar-refractivity contribution is 6.08. The Kier molecular flexibility index (Phi) is 6.64. The van der Waals surface area contributed by atoms with E-state index in [9.17, 15) is 9.18 Å². The number of halogens is 1. The van der Waals surface area contributed by atoms with Gasteiger partial charge in [0.15, 0.2) is 11.5 Å². The Balaban J connectivity index is 1.46. The zero-order valence-electron chi connectivity index (χ0n) is 18.3. The first-order chi connectivity index (χ1) is 16.1. The number of benzene rings is 4. The average molecular weight is 442 g/mol. The number of nitrogens with zero attached hydrogens (tertiary/aromatic N) is 1. The number of aryl methyl sites for hydroxylation is 1. The molecule has 33 heavy (non-hydrogen) atoms. The molecule has 4 aromatic rings. The summed E-state index contributed by atoms with van der Waals surface area (Å²) in [5, 5.41) is 5.98. The highest BCUT2D eigenvalue weighted by atomic mass is 19.1. The fourth-order valence-electron chi connectivity index (χ4n) is 3.56. The summed E-state index contributed by atoms with van der Waals surface area (Å²) in [5.41, 5.74) is 5.24. The molecular weight excluding hydrogens is 419 g/mol. The maximum Gasteiger partial charge on any atom is 0.272 e. The van der Waals surface area contributed by atoms with Crippen molar-refractivity contribution in [3.05, 3.63) is 107 Å². The molecule has 0 aromatic heterocycles. The summed E-state index contributed by atoms with van der Waals surface area (Å²) in [7, 11) is 1.53. The topological polar surface area (TPSA) is 59.9 Å². The molecule has 166 valence electrons. The minimum absolute atomic E-state index is 0.0803. The first-order valence-electron chi connectivity index (χ1n) is 10.4. The molecule has 0 bridgehead atoms. The van der Waals surface area contributed by atoms with Gasteiger partial charge >= 0.3 is 0 Å². The average Bonchev–Trinajstić information content (AvgIpc) is 2.83. The van der Waals surface area contributed by atoms with Crippen molar-refractivity contribution in [2.75, 3.05) is 7.11 Å². The molecular formula is C27H23FN2O3. The second kappa shape index (κ2) is 9.96. The van der Waals surface area contributed by atoms with Crippen LogP contribution in [0.5, 0.6) is 11.5 Å². The summed E-state index contributed by atoms with van der Waals surface area (Å²) in [6.07, 6.45) is 1.53. The van der Waals surface area contributed by atoms with Gasteiger partial charge in [0.25, 0.3) is 5.91 Å². The lowest BCUT2D eigenvalue weighted by Gasteiger charge is -2.12. The van der Waals surface area contributed by atoms with Crippen molar-refractivity contribution in [3.63, 3.8) is 0 Å². The Morgan fingerprint density at radius 3 is 2.61 bits per heavy atom. The molecule has 0 spiro atoms. The van der Waals surface area contributed by atoms with Crippen LogP contribution in [0.25, 0.3) is 10.8 Å². The van der Waals surface area contributed by atoms with Crippen LogP contribution in [0.3, 0.4) is 0 Å². The van der Waals surface area contributed by atoms with Crippen LogP contribution in [0, 0.1) is 12.7 Å². The maximum atomic E-state index is 13.8. The molecule has 5 nitrogen and oxygen atoms in total. The van der Waals surface area contributed by atoms with E-state index >= 15 is 0 Å². The number of hydrazone groups is 1. The third-order valence-corrected chi connectivity index (χ3v) is 5.27. The van der Waals surface area contributed by atoms with E-state index < -0.39 is 0 Å². The number of fused-ring (bicyclic) bond motifs is 1. The van der Waals surface area contributed by atoms with Crippen LogP contribution in [-0.4, -0.2) is 19.2 Å². The van der Waals surface area contributed by atoms with Crippen LogP contribution in [-0.2, 0) is 6.61 Å². The minimum atomic E-state index is -0.322. The number of amides is 1. The molecule has 0 atom stereocenters. The van der Waals surface area contributed by atoms with Crippen molar-refractivity contribution in [1.29, 1.82) is 0 Å². The lowest BCUT2D eigenvalue weighted by Crippen LogP contribution is -2.19. The Morgan fingerprint density at radius 1 is 1.00 bits per heavy atom. The second-order valence-corrected chi connectivity index (χ2v) is 7.47. The van der Waals surface area contributed by atoms with Crippen LogP contribution in [0.4, 0.5) is 4.39 Å². The lowest BCUT2D eigenvalue weighted by molar-refractivity contribution is 0.0956. The molecule has 6 heteroatoms. The number of hydrogen-bond donors (Lipinski definition) is 1. The number of methoxy groups -OCH3 is 1. The molecule has 0 radical (unpaired) electrons. The third-order valence-electron chi connectivity index (χ3n) is 5.27. The van der Waals surface area contributed by atoms with Crippen LogP contribution in [0.2, 0.25) is 0 Å². The molecule has 4 aromatic carbocycles. The molecule has 4 rings (SSSR count). The van der Waals surface area contributed by atoms with Gasteiger partial charge in [0.1, 0.15) is 12.4 Å². The summed E-state index contributed by atoms with van der Waals surface area (Å²) < 4.78 is 24.9. The van der Waals surface area contributed by atoms with Crippen molar-refractivity contribution in [2.24, 2.45) is 5.10 Å². The first-order valence-corrected chi connectivity index (χ1v) is 10.4. The van der Waals surface area contributed by atoms with Gasteiger partial charge in [0.2, 0.25) is 0 Å². The summed E-state index contributed by atoms with van der Waals surface area (Å²) in [5.74, 6) is 0.356. The Morgan fingerprint density at radius 2 is 1.79 bits per heavy atom. The van der Waals surface area contributed by atoms with Gasteiger partial charge < -0.3 is 9.47 Å². The van der Waals surface area contributed by atoms with E-state index in [1.54, 1.807) is 36.4 Å². The van der Waals surface area contributed by atoms with Crippen LogP contribution in [0.1, 0.15) is 27.0 Å². The quantitative estimate of drug-likeness (QED) is 0.298. The van der Waals surface area contributed by atoms with Gasteiger partial charge in [-0.25, -0.2) is 9.82 Å². The number of ether oxygens (including phenoxy) is 2. The molecule has 0 aliphatic carbocycles. The van der Waals surface area contributed by atoms with Gasteiger partial charge in [0, 0.05) is 5.56 Å². The molecule has 0 fully saturated rings. The normalized spacial score (nSPS) is 11.0. The highest BCUT2D eigenvalue weighted by Gasteiger charge is 2.12. The van der Waals surface area contributed by atoms with Crippen molar-refractivity contribution in [1.82, 2.24) is 5.43 Å². The second-order valence-electron chi connectivity index (χ2n) is 7.47. The minimum Gasteiger partial charge on any atom is -0.493 e. The van der Waals surface area contributed by atoms with Crippen LogP contribution >= 0.6 is 0 Å². The number of nitrogens with one attached hydrogen (secondary N) is 1. The molecule has 0 aliphatic rings. The van der Waals surface area contributed by atoms with Crippen molar-refractivity contribution >= 4 is 22.9 Å². The molecule has 0 saturated carbocycles. The monoisotopic (exact) mass is 442 g/mol. The van der Waals surface area contributed by atoms with Gasteiger partial charge in [-0.2, -0.15) is 5.10 Å². The van der Waals surface area contributed by atoms with E-state index in [0.29, 0.717) is 28.2 Å². The van der Waals surface area contributed by atoms with Crippen molar-refractivity contribution in [2.45, 2.75) is 13.5 Å². The van der Waals surface area contributed by atoms with Crippen molar-refractivity contribution < 1.29 is 18.7 Å². The van der Waals surface area contributed by atoms with E-state index in [2.05, 4.69) is 10.5 Å². The molecule has 0 saturated heterocycles. The molecule has 0 heterocycles. The zero-order chi connectivity index (χ0) is 23.2. The van der Waals surface area contributed by atoms with E-state index in [4.69, 9.17) is 9.47 Å². The van der Waals surface area contributed by atoms with Gasteiger partial charge in [-0.1, -0.05) is 54.6 Å². The van der Waals surface area contributed by atoms with E-state index in [-0.39, 0.29) is 18.3 Å². The van der Waals surface area contributed by atoms with Gasteiger partial charge in [-0.3, -0.25) is 4.79 Å². The number of hydrogen-bond acceptors (Lipinski definition) is 4. The fourth-order valence-corrected chi connectivity index (χ4v) is 3.56.